The van der Waals surface area contributed by atoms with Crippen LogP contribution in [0.3, 0.4) is 0 Å². The number of ether oxygens (including phenoxy) is 3. The smallest absolute Gasteiger partial charge is 0.306 e. The standard InChI is InChI=1S/C59H102O6/c1-4-7-10-13-16-19-21-23-25-27-29-31-33-35-37-40-43-46-49-52-58(61)64-55-56(54-63-57(60)51-48-45-42-39-18-15-12-9-6-3)65-59(62)53-50-47-44-41-38-36-34-32-30-28-26-24-22-20-17-14-11-8-5-2/h7,10,16,19,23,25,29,31,35,37,43,46,56H,4-6,8-9,11-15,17-18,20-22,24,26-28,30,32-34,36,38-42,44-45,47-55H2,1-3H3/b10-7-,19-16-,25-23-,31-29-,37-35-,46-43-/t56-/m1/s1. The van der Waals surface area contributed by atoms with Crippen LogP contribution in [-0.2, 0) is 28.6 Å². The van der Waals surface area contributed by atoms with E-state index in [0.29, 0.717) is 19.3 Å². The second kappa shape index (κ2) is 53.5. The van der Waals surface area contributed by atoms with Crippen molar-refractivity contribution < 1.29 is 28.6 Å². The summed E-state index contributed by atoms with van der Waals surface area (Å²) in [5.41, 5.74) is 0. The van der Waals surface area contributed by atoms with Gasteiger partial charge in [-0.15, -0.1) is 0 Å². The van der Waals surface area contributed by atoms with E-state index < -0.39 is 6.10 Å². The van der Waals surface area contributed by atoms with Gasteiger partial charge < -0.3 is 14.2 Å². The van der Waals surface area contributed by atoms with Crippen molar-refractivity contribution in [2.75, 3.05) is 13.2 Å². The first-order chi connectivity index (χ1) is 32.0. The fourth-order valence-corrected chi connectivity index (χ4v) is 7.65. The maximum atomic E-state index is 12.8. The van der Waals surface area contributed by atoms with Crippen LogP contribution in [0.4, 0.5) is 0 Å². The second-order valence-corrected chi connectivity index (χ2v) is 18.1. The lowest BCUT2D eigenvalue weighted by Gasteiger charge is -2.18. The lowest BCUT2D eigenvalue weighted by atomic mass is 10.0. The molecule has 0 radical (unpaired) electrons. The molecule has 0 aromatic heterocycles. The third-order valence-electron chi connectivity index (χ3n) is 11.7. The number of esters is 3. The predicted molar refractivity (Wildman–Crippen MR) is 279 cm³/mol. The highest BCUT2D eigenvalue weighted by Gasteiger charge is 2.19. The summed E-state index contributed by atoms with van der Waals surface area (Å²) >= 11 is 0. The van der Waals surface area contributed by atoms with Crippen LogP contribution in [0.15, 0.2) is 72.9 Å². The maximum Gasteiger partial charge on any atom is 0.306 e. The summed E-state index contributed by atoms with van der Waals surface area (Å²) in [6.07, 6.45) is 67.7. The van der Waals surface area contributed by atoms with Crippen molar-refractivity contribution in [1.82, 2.24) is 0 Å². The quantitative estimate of drug-likeness (QED) is 0.0262. The minimum Gasteiger partial charge on any atom is -0.462 e. The van der Waals surface area contributed by atoms with Crippen LogP contribution >= 0.6 is 0 Å². The molecule has 0 amide bonds. The van der Waals surface area contributed by atoms with Crippen LogP contribution in [0.5, 0.6) is 0 Å². The fourth-order valence-electron chi connectivity index (χ4n) is 7.65. The first-order valence-corrected chi connectivity index (χ1v) is 27.4. The van der Waals surface area contributed by atoms with Crippen molar-refractivity contribution in [3.63, 3.8) is 0 Å². The van der Waals surface area contributed by atoms with Crippen LogP contribution in [0.25, 0.3) is 0 Å². The first-order valence-electron chi connectivity index (χ1n) is 27.4. The van der Waals surface area contributed by atoms with Gasteiger partial charge in [-0.25, -0.2) is 0 Å². The molecule has 1 atom stereocenters. The first kappa shape index (κ1) is 61.9. The van der Waals surface area contributed by atoms with E-state index in [1.807, 2.05) is 6.08 Å². The normalized spacial score (nSPS) is 12.6. The molecule has 0 aromatic rings. The Kier molecular flexibility index (Phi) is 50.9. The molecular weight excluding hydrogens is 805 g/mol. The highest BCUT2D eigenvalue weighted by molar-refractivity contribution is 5.71. The zero-order valence-corrected chi connectivity index (χ0v) is 42.7. The Hall–Kier alpha value is -3.15. The van der Waals surface area contributed by atoms with Crippen molar-refractivity contribution in [2.24, 2.45) is 0 Å². The molecule has 0 aliphatic rings. The molecule has 0 heterocycles. The lowest BCUT2D eigenvalue weighted by molar-refractivity contribution is -0.166. The van der Waals surface area contributed by atoms with E-state index >= 15 is 0 Å². The molecule has 0 saturated heterocycles. The highest BCUT2D eigenvalue weighted by Crippen LogP contribution is 2.16. The Morgan fingerprint density at radius 2 is 0.600 bits per heavy atom. The molecule has 65 heavy (non-hydrogen) atoms. The monoisotopic (exact) mass is 907 g/mol. The largest absolute Gasteiger partial charge is 0.462 e. The third-order valence-corrected chi connectivity index (χ3v) is 11.7. The summed E-state index contributed by atoms with van der Waals surface area (Å²) in [5, 5.41) is 0. The minimum atomic E-state index is -0.801. The molecule has 0 aromatic carbocycles. The molecule has 6 heteroatoms. The number of allylic oxidation sites excluding steroid dienone is 12. The Morgan fingerprint density at radius 3 is 0.938 bits per heavy atom. The minimum absolute atomic E-state index is 0.0956. The SMILES string of the molecule is CC/C=C\C/C=C\C/C=C\C/C=C\C/C=C\C/C=C\CCC(=O)OC[C@@H](COC(=O)CCCCCCCCCCC)OC(=O)CCCCCCCCCCCCCCCCCCCCC. The zero-order chi connectivity index (χ0) is 47.2. The van der Waals surface area contributed by atoms with E-state index in [4.69, 9.17) is 14.2 Å². The maximum absolute atomic E-state index is 12.8. The molecule has 0 aliphatic heterocycles. The van der Waals surface area contributed by atoms with Gasteiger partial charge in [0.15, 0.2) is 6.10 Å². The molecule has 0 unspecified atom stereocenters. The van der Waals surface area contributed by atoms with Crippen molar-refractivity contribution in [3.8, 4) is 0 Å². The summed E-state index contributed by atoms with van der Waals surface area (Å²) in [7, 11) is 0. The summed E-state index contributed by atoms with van der Waals surface area (Å²) in [5.74, 6) is -0.979. The van der Waals surface area contributed by atoms with Gasteiger partial charge in [0.1, 0.15) is 13.2 Å². The van der Waals surface area contributed by atoms with Crippen LogP contribution in [0.2, 0.25) is 0 Å². The molecule has 0 spiro atoms. The fraction of sp³-hybridized carbons (Fsp3) is 0.746. The van der Waals surface area contributed by atoms with Crippen LogP contribution in [-0.4, -0.2) is 37.2 Å². The summed E-state index contributed by atoms with van der Waals surface area (Å²) in [6, 6.07) is 0. The molecule has 0 saturated carbocycles. The van der Waals surface area contributed by atoms with Gasteiger partial charge in [-0.05, 0) is 57.8 Å². The molecule has 374 valence electrons. The van der Waals surface area contributed by atoms with Gasteiger partial charge in [-0.3, -0.25) is 14.4 Å². The van der Waals surface area contributed by atoms with Crippen LogP contribution in [0, 0.1) is 0 Å². The van der Waals surface area contributed by atoms with Crippen molar-refractivity contribution in [3.05, 3.63) is 72.9 Å². The third kappa shape index (κ3) is 51.7. The Bertz CT molecular complexity index is 1230. The van der Waals surface area contributed by atoms with Gasteiger partial charge in [0.25, 0.3) is 0 Å². The molecule has 0 N–H and O–H groups in total. The van der Waals surface area contributed by atoms with Crippen molar-refractivity contribution in [1.29, 1.82) is 0 Å². The molecule has 6 nitrogen and oxygen atoms in total. The molecule has 0 bridgehead atoms. The Balaban J connectivity index is 4.38. The topological polar surface area (TPSA) is 78.9 Å². The van der Waals surface area contributed by atoms with E-state index in [2.05, 4.69) is 87.6 Å². The molecular formula is C59H102O6. The van der Waals surface area contributed by atoms with Gasteiger partial charge in [0.05, 0.1) is 0 Å². The summed E-state index contributed by atoms with van der Waals surface area (Å²) in [4.78, 5) is 37.9. The van der Waals surface area contributed by atoms with Gasteiger partial charge in [-0.2, -0.15) is 0 Å². The average molecular weight is 907 g/mol. The molecule has 0 rings (SSSR count). The van der Waals surface area contributed by atoms with Gasteiger partial charge in [0, 0.05) is 19.3 Å². The van der Waals surface area contributed by atoms with Crippen molar-refractivity contribution >= 4 is 17.9 Å². The van der Waals surface area contributed by atoms with Crippen LogP contribution < -0.4 is 0 Å². The second-order valence-electron chi connectivity index (χ2n) is 18.1. The number of hydrogen-bond donors (Lipinski definition) is 0. The number of hydrogen-bond acceptors (Lipinski definition) is 6. The average Bonchev–Trinajstić information content (AvgIpc) is 3.30. The number of carbonyl (C=O) groups excluding carboxylic acids is 3. The number of unbranched alkanes of at least 4 members (excludes halogenated alkanes) is 26. The van der Waals surface area contributed by atoms with Crippen LogP contribution in [0.1, 0.15) is 265 Å². The Labute approximate surface area is 402 Å². The highest BCUT2D eigenvalue weighted by atomic mass is 16.6. The summed E-state index contributed by atoms with van der Waals surface area (Å²) in [6.45, 7) is 6.46. The number of carbonyl (C=O) groups is 3. The van der Waals surface area contributed by atoms with E-state index in [-0.39, 0.29) is 37.5 Å². The van der Waals surface area contributed by atoms with Crippen molar-refractivity contribution in [2.45, 2.75) is 271 Å². The summed E-state index contributed by atoms with van der Waals surface area (Å²) < 4.78 is 16.7. The van der Waals surface area contributed by atoms with Gasteiger partial charge in [-0.1, -0.05) is 261 Å². The van der Waals surface area contributed by atoms with E-state index in [1.165, 1.54) is 141 Å². The Morgan fingerprint density at radius 1 is 0.323 bits per heavy atom. The lowest BCUT2D eigenvalue weighted by Crippen LogP contribution is -2.30. The van der Waals surface area contributed by atoms with E-state index in [9.17, 15) is 14.4 Å². The van der Waals surface area contributed by atoms with Gasteiger partial charge >= 0.3 is 17.9 Å². The zero-order valence-electron chi connectivity index (χ0n) is 42.7. The molecule has 0 fully saturated rings. The predicted octanol–water partition coefficient (Wildman–Crippen LogP) is 18.2. The number of rotatable bonds is 49. The molecule has 0 aliphatic carbocycles. The van der Waals surface area contributed by atoms with E-state index in [1.54, 1.807) is 0 Å². The van der Waals surface area contributed by atoms with E-state index in [0.717, 1.165) is 77.0 Å². The van der Waals surface area contributed by atoms with Gasteiger partial charge in [0.2, 0.25) is 0 Å².